The van der Waals surface area contributed by atoms with E-state index in [-0.39, 0.29) is 65.6 Å². The zero-order valence-electron chi connectivity index (χ0n) is 31.8. The molecule has 0 amide bonds. The molecular formula is C28H72CoO12P4+6. The van der Waals surface area contributed by atoms with Gasteiger partial charge in [0.25, 0.3) is 0 Å². The minimum absolute atomic E-state index is 0. The zero-order valence-corrected chi connectivity index (χ0v) is 36.4. The molecule has 17 heteroatoms. The van der Waals surface area contributed by atoms with E-state index < -0.39 is 30.4 Å². The molecule has 0 aromatic heterocycles. The van der Waals surface area contributed by atoms with Crippen molar-refractivity contribution in [2.24, 2.45) is 0 Å². The van der Waals surface area contributed by atoms with Crippen LogP contribution in [0.25, 0.3) is 0 Å². The van der Waals surface area contributed by atoms with Gasteiger partial charge in [0.15, 0.2) is 0 Å². The summed E-state index contributed by atoms with van der Waals surface area (Å²) in [5, 5.41) is 0. The summed E-state index contributed by atoms with van der Waals surface area (Å²) in [7, 11) is -10.2. The predicted molar refractivity (Wildman–Crippen MR) is 189 cm³/mol. The SMILES string of the molecule is CC(C)OP(C)(=[OH+])OC(C)C.CC(C)OP(C)(=[OH+])OC(C)C.CC(C)OP(C)(=[OH+])OC(C)C.CC(C)OP(C)(=[OH+])OC(C)C.[Co+2]. The maximum atomic E-state index is 9.52. The Balaban J connectivity index is -0.000000157. The fourth-order valence-corrected chi connectivity index (χ4v) is 9.69. The average Bonchev–Trinajstić information content (AvgIpc) is 2.59. The smallest absolute Gasteiger partial charge is 0.270 e. The van der Waals surface area contributed by atoms with Crippen LogP contribution >= 0.6 is 30.4 Å². The molecule has 0 saturated carbocycles. The van der Waals surface area contributed by atoms with Crippen molar-refractivity contribution in [3.63, 3.8) is 0 Å². The summed E-state index contributed by atoms with van der Waals surface area (Å²) in [6.45, 7) is 36.4. The van der Waals surface area contributed by atoms with Crippen LogP contribution in [0.4, 0.5) is 0 Å². The normalized spacial score (nSPS) is 12.7. The summed E-state index contributed by atoms with van der Waals surface area (Å²) in [6, 6.07) is 0. The molecule has 0 aromatic carbocycles. The first-order chi connectivity index (χ1) is 19.3. The van der Waals surface area contributed by atoms with Gasteiger partial charge in [0.1, 0.15) is 0 Å². The van der Waals surface area contributed by atoms with Crippen LogP contribution < -0.4 is 0 Å². The molecule has 0 aromatic rings. The second-order valence-electron chi connectivity index (χ2n) is 12.4. The Bertz CT molecular complexity index is 710. The maximum absolute atomic E-state index is 9.52. The van der Waals surface area contributed by atoms with Crippen LogP contribution in [0.3, 0.4) is 0 Å². The van der Waals surface area contributed by atoms with Gasteiger partial charge in [-0.25, -0.2) is 0 Å². The fourth-order valence-electron chi connectivity index (χ4n) is 3.23. The molecule has 0 rings (SSSR count). The Hall–Kier alpha value is 1.11. The van der Waals surface area contributed by atoms with Gasteiger partial charge in [-0.1, -0.05) is 0 Å². The standard InChI is InChI=1S/4C7H17O3P.Co/c4*1-6(2)9-11(5,8)10-7(3)4;/h4*6-7H,1-5H3;/q;;;;+2/p+4. The Morgan fingerprint density at radius 1 is 0.267 bits per heavy atom. The summed E-state index contributed by atoms with van der Waals surface area (Å²) >= 11 is 0. The van der Waals surface area contributed by atoms with E-state index in [0.717, 1.165) is 0 Å². The van der Waals surface area contributed by atoms with E-state index >= 15 is 0 Å². The van der Waals surface area contributed by atoms with E-state index in [1.807, 2.05) is 111 Å². The van der Waals surface area contributed by atoms with Crippen LogP contribution in [0.15, 0.2) is 0 Å². The second-order valence-corrected chi connectivity index (χ2v) is 20.6. The summed E-state index contributed by atoms with van der Waals surface area (Å²) in [4.78, 5) is 0. The average molecular weight is 784 g/mol. The van der Waals surface area contributed by atoms with E-state index in [4.69, 9.17) is 36.2 Å². The quantitative estimate of drug-likeness (QED) is 0.110. The Kier molecular flexibility index (Phi) is 33.2. The molecule has 0 bridgehead atoms. The van der Waals surface area contributed by atoms with Crippen molar-refractivity contribution in [3.05, 3.63) is 0 Å². The van der Waals surface area contributed by atoms with Crippen molar-refractivity contribution in [2.45, 2.75) is 160 Å². The van der Waals surface area contributed by atoms with Crippen molar-refractivity contribution in [2.75, 3.05) is 26.7 Å². The number of rotatable bonds is 16. The molecule has 0 spiro atoms. The first kappa shape index (κ1) is 55.5. The molecule has 0 aliphatic rings. The molecule has 279 valence electrons. The third-order valence-corrected chi connectivity index (χ3v) is 9.75. The first-order valence-corrected chi connectivity index (χ1v) is 23.3. The zero-order chi connectivity index (χ0) is 36.3. The molecular weight excluding hydrogens is 711 g/mol. The van der Waals surface area contributed by atoms with Crippen molar-refractivity contribution >= 4 is 30.4 Å². The van der Waals surface area contributed by atoms with Crippen molar-refractivity contribution in [1.82, 2.24) is 0 Å². The van der Waals surface area contributed by atoms with Gasteiger partial charge in [-0.15, -0.1) is 0 Å². The van der Waals surface area contributed by atoms with E-state index in [9.17, 15) is 18.3 Å². The van der Waals surface area contributed by atoms with Crippen LogP contribution in [0, 0.1) is 0 Å². The van der Waals surface area contributed by atoms with Crippen LogP contribution in [-0.4, -0.2) is 93.8 Å². The van der Waals surface area contributed by atoms with Crippen LogP contribution in [0.1, 0.15) is 111 Å². The summed E-state index contributed by atoms with van der Waals surface area (Å²) in [5.41, 5.74) is 0. The van der Waals surface area contributed by atoms with Gasteiger partial charge in [-0.05, 0) is 111 Å². The van der Waals surface area contributed by atoms with Gasteiger partial charge in [0.2, 0.25) is 0 Å². The molecule has 0 aliphatic carbocycles. The number of hydrogen-bond acceptors (Lipinski definition) is 8. The number of hydrogen-bond donors (Lipinski definition) is 0. The van der Waals surface area contributed by atoms with Gasteiger partial charge >= 0.3 is 47.2 Å². The molecule has 0 unspecified atom stereocenters. The van der Waals surface area contributed by atoms with E-state index in [1.54, 1.807) is 26.7 Å². The maximum Gasteiger partial charge on any atom is 2.00 e. The molecule has 45 heavy (non-hydrogen) atoms. The van der Waals surface area contributed by atoms with Gasteiger partial charge in [0, 0.05) is 0 Å². The monoisotopic (exact) mass is 783 g/mol. The topological polar surface area (TPSA) is 159 Å². The minimum atomic E-state index is -2.55. The summed E-state index contributed by atoms with van der Waals surface area (Å²) in [6.07, 6.45) is 0.0895. The van der Waals surface area contributed by atoms with Gasteiger partial charge in [0.05, 0.1) is 75.5 Å². The van der Waals surface area contributed by atoms with Gasteiger partial charge < -0.3 is 0 Å². The molecule has 0 heterocycles. The predicted octanol–water partition coefficient (Wildman–Crippen LogP) is 10.4. The molecule has 12 nitrogen and oxygen atoms in total. The summed E-state index contributed by atoms with van der Waals surface area (Å²) in [5.74, 6) is 0. The Morgan fingerprint density at radius 2 is 0.333 bits per heavy atom. The molecule has 4 N–H and O–H groups in total. The van der Waals surface area contributed by atoms with Gasteiger partial charge in [-0.3, -0.25) is 54.5 Å². The summed E-state index contributed by atoms with van der Waals surface area (Å²) < 4.78 is 79.6. The third-order valence-electron chi connectivity index (χ3n) is 3.25. The molecule has 1 radical (unpaired) electrons. The minimum Gasteiger partial charge on any atom is -0.270 e. The largest absolute Gasteiger partial charge is 2.00 e. The molecule has 0 fully saturated rings. The van der Waals surface area contributed by atoms with E-state index in [2.05, 4.69) is 0 Å². The molecule has 0 saturated heterocycles. The van der Waals surface area contributed by atoms with Crippen molar-refractivity contribution in [1.29, 1.82) is 0 Å². The van der Waals surface area contributed by atoms with Crippen molar-refractivity contribution < 1.29 is 71.2 Å². The second kappa shape index (κ2) is 26.9. The van der Waals surface area contributed by atoms with Gasteiger partial charge in [-0.2, -0.15) is 0 Å². The van der Waals surface area contributed by atoms with E-state index in [0.29, 0.717) is 0 Å². The van der Waals surface area contributed by atoms with Crippen LogP contribution in [0.5, 0.6) is 0 Å². The Morgan fingerprint density at radius 3 is 0.378 bits per heavy atom. The van der Waals surface area contributed by atoms with Crippen LogP contribution in [-0.2, 0) is 53.0 Å². The first-order valence-electron chi connectivity index (χ1n) is 15.2. The third kappa shape index (κ3) is 49.6. The fraction of sp³-hybridized carbons (Fsp3) is 1.00. The molecule has 0 aliphatic heterocycles. The van der Waals surface area contributed by atoms with Crippen molar-refractivity contribution in [3.8, 4) is 0 Å². The van der Waals surface area contributed by atoms with E-state index in [1.165, 1.54) is 0 Å². The van der Waals surface area contributed by atoms with Crippen LogP contribution in [0.2, 0.25) is 0 Å². The Labute approximate surface area is 287 Å². The molecule has 0 atom stereocenters.